The normalized spacial score (nSPS) is 9.71. The van der Waals surface area contributed by atoms with Gasteiger partial charge in [0.1, 0.15) is 0 Å². The quantitative estimate of drug-likeness (QED) is 0.710. The highest BCUT2D eigenvalue weighted by Gasteiger charge is 2.10. The molecule has 1 amide bonds. The van der Waals surface area contributed by atoms with Gasteiger partial charge in [-0.1, -0.05) is 35.9 Å². The molecule has 1 aromatic carbocycles. The first-order valence-corrected chi connectivity index (χ1v) is 5.79. The minimum Gasteiger partial charge on any atom is -0.335 e. The fourth-order valence-electron chi connectivity index (χ4n) is 1.48. The van der Waals surface area contributed by atoms with Crippen molar-refractivity contribution in [1.82, 2.24) is 4.90 Å². The molecule has 17 heavy (non-hydrogen) atoms. The van der Waals surface area contributed by atoms with Crippen LogP contribution in [0.3, 0.4) is 0 Å². The number of rotatable bonds is 6. The van der Waals surface area contributed by atoms with Crippen LogP contribution in [-0.4, -0.2) is 23.9 Å². The number of carbonyl (C=O) groups excluding carboxylic acids is 1. The lowest BCUT2D eigenvalue weighted by molar-refractivity contribution is -0.129. The number of carbonyl (C=O) groups is 1. The summed E-state index contributed by atoms with van der Waals surface area (Å²) in [5, 5.41) is 0.676. The summed E-state index contributed by atoms with van der Waals surface area (Å²) in [6.07, 6.45) is 3.80. The third-order valence-electron chi connectivity index (χ3n) is 2.32. The third kappa shape index (κ3) is 4.45. The predicted octanol–water partition coefficient (Wildman–Crippen LogP) is 3.08. The number of hydrogen-bond acceptors (Lipinski definition) is 1. The second-order valence-electron chi connectivity index (χ2n) is 3.68. The Hall–Kier alpha value is -1.54. The topological polar surface area (TPSA) is 20.3 Å². The van der Waals surface area contributed by atoms with Crippen molar-refractivity contribution in [3.8, 4) is 0 Å². The van der Waals surface area contributed by atoms with Crippen LogP contribution in [0, 0.1) is 0 Å². The van der Waals surface area contributed by atoms with E-state index in [0.717, 1.165) is 5.56 Å². The van der Waals surface area contributed by atoms with Crippen LogP contribution in [0.4, 0.5) is 0 Å². The smallest absolute Gasteiger partial charge is 0.227 e. The maximum absolute atomic E-state index is 12.0. The fraction of sp³-hybridized carbons (Fsp3) is 0.214. The van der Waals surface area contributed by atoms with Gasteiger partial charge in [-0.2, -0.15) is 0 Å². The van der Waals surface area contributed by atoms with Crippen LogP contribution in [0.25, 0.3) is 0 Å². The lowest BCUT2D eigenvalue weighted by Gasteiger charge is -2.19. The van der Waals surface area contributed by atoms with Gasteiger partial charge in [-0.3, -0.25) is 4.79 Å². The highest BCUT2D eigenvalue weighted by molar-refractivity contribution is 6.30. The Morgan fingerprint density at radius 1 is 1.18 bits per heavy atom. The lowest BCUT2D eigenvalue weighted by atomic mass is 10.1. The molecule has 0 aliphatic carbocycles. The lowest BCUT2D eigenvalue weighted by Crippen LogP contribution is -2.32. The van der Waals surface area contributed by atoms with E-state index in [-0.39, 0.29) is 5.91 Å². The summed E-state index contributed by atoms with van der Waals surface area (Å²) in [5.74, 6) is 0.0622. The van der Waals surface area contributed by atoms with Crippen molar-refractivity contribution in [1.29, 1.82) is 0 Å². The minimum absolute atomic E-state index is 0.0622. The Labute approximate surface area is 107 Å². The van der Waals surface area contributed by atoms with Crippen molar-refractivity contribution in [3.05, 3.63) is 60.2 Å². The third-order valence-corrected chi connectivity index (χ3v) is 2.57. The minimum atomic E-state index is 0.0622. The van der Waals surface area contributed by atoms with Gasteiger partial charge in [-0.05, 0) is 17.7 Å². The summed E-state index contributed by atoms with van der Waals surface area (Å²) in [7, 11) is 0. The first-order chi connectivity index (χ1) is 8.17. The maximum Gasteiger partial charge on any atom is 0.227 e. The SMILES string of the molecule is C=CCN(CC=C)C(=O)Cc1ccc(Cl)cc1. The molecule has 0 saturated carbocycles. The molecule has 0 radical (unpaired) electrons. The van der Waals surface area contributed by atoms with Gasteiger partial charge in [0.05, 0.1) is 6.42 Å². The largest absolute Gasteiger partial charge is 0.335 e. The highest BCUT2D eigenvalue weighted by atomic mass is 35.5. The average molecular weight is 250 g/mol. The molecule has 3 heteroatoms. The van der Waals surface area contributed by atoms with E-state index in [0.29, 0.717) is 24.5 Å². The van der Waals surface area contributed by atoms with E-state index < -0.39 is 0 Å². The first-order valence-electron chi connectivity index (χ1n) is 5.41. The van der Waals surface area contributed by atoms with Crippen molar-refractivity contribution in [3.63, 3.8) is 0 Å². The summed E-state index contributed by atoms with van der Waals surface area (Å²) in [4.78, 5) is 13.7. The van der Waals surface area contributed by atoms with E-state index in [1.54, 1.807) is 29.2 Å². The molecule has 0 unspecified atom stereocenters. The number of nitrogens with zero attached hydrogens (tertiary/aromatic N) is 1. The molecule has 0 fully saturated rings. The van der Waals surface area contributed by atoms with E-state index in [1.807, 2.05) is 12.1 Å². The second kappa shape index (κ2) is 6.92. The van der Waals surface area contributed by atoms with Gasteiger partial charge in [0.25, 0.3) is 0 Å². The Kier molecular flexibility index (Phi) is 5.50. The zero-order valence-electron chi connectivity index (χ0n) is 9.73. The summed E-state index contributed by atoms with van der Waals surface area (Å²) >= 11 is 5.79. The van der Waals surface area contributed by atoms with E-state index >= 15 is 0 Å². The molecule has 0 aliphatic heterocycles. The van der Waals surface area contributed by atoms with Gasteiger partial charge in [-0.25, -0.2) is 0 Å². The van der Waals surface area contributed by atoms with Gasteiger partial charge >= 0.3 is 0 Å². The molecule has 1 aromatic rings. The van der Waals surface area contributed by atoms with E-state index in [4.69, 9.17) is 11.6 Å². The van der Waals surface area contributed by atoms with Crippen LogP contribution in [0.2, 0.25) is 5.02 Å². The van der Waals surface area contributed by atoms with Gasteiger partial charge in [0.15, 0.2) is 0 Å². The van der Waals surface area contributed by atoms with Crippen LogP contribution in [-0.2, 0) is 11.2 Å². The van der Waals surface area contributed by atoms with Crippen molar-refractivity contribution < 1.29 is 4.79 Å². The molecule has 2 nitrogen and oxygen atoms in total. The number of halogens is 1. The monoisotopic (exact) mass is 249 g/mol. The van der Waals surface area contributed by atoms with Crippen LogP contribution in [0.5, 0.6) is 0 Å². The van der Waals surface area contributed by atoms with Crippen molar-refractivity contribution >= 4 is 17.5 Å². The number of benzene rings is 1. The molecule has 1 rings (SSSR count). The zero-order chi connectivity index (χ0) is 12.7. The van der Waals surface area contributed by atoms with Crippen molar-refractivity contribution in [2.24, 2.45) is 0 Å². The van der Waals surface area contributed by atoms with E-state index in [2.05, 4.69) is 13.2 Å². The standard InChI is InChI=1S/C14H16ClNO/c1-3-9-16(10-4-2)14(17)11-12-5-7-13(15)8-6-12/h3-8H,1-2,9-11H2. The molecule has 0 aliphatic rings. The molecular formula is C14H16ClNO. The molecule has 90 valence electrons. The molecule has 0 N–H and O–H groups in total. The van der Waals surface area contributed by atoms with Crippen LogP contribution in [0.15, 0.2) is 49.6 Å². The van der Waals surface area contributed by atoms with E-state index in [9.17, 15) is 4.79 Å². The van der Waals surface area contributed by atoms with Gasteiger partial charge in [-0.15, -0.1) is 13.2 Å². The first kappa shape index (κ1) is 13.5. The van der Waals surface area contributed by atoms with Crippen molar-refractivity contribution in [2.45, 2.75) is 6.42 Å². The molecule has 0 spiro atoms. The van der Waals surface area contributed by atoms with Gasteiger partial charge in [0, 0.05) is 18.1 Å². The number of amides is 1. The van der Waals surface area contributed by atoms with Gasteiger partial charge < -0.3 is 4.90 Å². The molecule has 0 aromatic heterocycles. The molecule has 0 bridgehead atoms. The highest BCUT2D eigenvalue weighted by Crippen LogP contribution is 2.10. The van der Waals surface area contributed by atoms with Gasteiger partial charge in [0.2, 0.25) is 5.91 Å². The molecular weight excluding hydrogens is 234 g/mol. The van der Waals surface area contributed by atoms with Crippen LogP contribution < -0.4 is 0 Å². The van der Waals surface area contributed by atoms with Crippen LogP contribution in [0.1, 0.15) is 5.56 Å². The maximum atomic E-state index is 12.0. The molecule has 0 saturated heterocycles. The fourth-order valence-corrected chi connectivity index (χ4v) is 1.60. The van der Waals surface area contributed by atoms with Crippen LogP contribution >= 0.6 is 11.6 Å². The Morgan fingerprint density at radius 2 is 1.71 bits per heavy atom. The van der Waals surface area contributed by atoms with Crippen molar-refractivity contribution in [2.75, 3.05) is 13.1 Å². The number of hydrogen-bond donors (Lipinski definition) is 0. The Balaban J connectivity index is 2.65. The summed E-state index contributed by atoms with van der Waals surface area (Å²) in [5.41, 5.74) is 0.956. The molecule has 0 heterocycles. The zero-order valence-corrected chi connectivity index (χ0v) is 10.5. The summed E-state index contributed by atoms with van der Waals surface area (Å²) in [6.45, 7) is 8.36. The summed E-state index contributed by atoms with van der Waals surface area (Å²) < 4.78 is 0. The second-order valence-corrected chi connectivity index (χ2v) is 4.12. The molecule has 0 atom stereocenters. The van der Waals surface area contributed by atoms with E-state index in [1.165, 1.54) is 0 Å². The Bertz CT molecular complexity index is 387. The predicted molar refractivity (Wildman–Crippen MR) is 72.1 cm³/mol. The summed E-state index contributed by atoms with van der Waals surface area (Å²) in [6, 6.07) is 7.30. The Morgan fingerprint density at radius 3 is 2.18 bits per heavy atom. The average Bonchev–Trinajstić information content (AvgIpc) is 2.32.